The number of amides is 1. The first-order valence-corrected chi connectivity index (χ1v) is 8.55. The van der Waals surface area contributed by atoms with Crippen molar-refractivity contribution >= 4 is 23.4 Å². The van der Waals surface area contributed by atoms with Crippen LogP contribution < -0.4 is 16.4 Å². The minimum Gasteiger partial charge on any atom is -0.399 e. The zero-order valence-electron chi connectivity index (χ0n) is 15.5. The topological polar surface area (TPSA) is 106 Å². The first kappa shape index (κ1) is 18.3. The third kappa shape index (κ3) is 5.01. The molecule has 0 saturated heterocycles. The van der Waals surface area contributed by atoms with E-state index >= 15 is 0 Å². The van der Waals surface area contributed by atoms with Gasteiger partial charge in [0.1, 0.15) is 5.82 Å². The maximum Gasteiger partial charge on any atom is 0.256 e. The van der Waals surface area contributed by atoms with E-state index in [4.69, 9.17) is 5.73 Å². The van der Waals surface area contributed by atoms with Crippen molar-refractivity contribution in [2.75, 3.05) is 16.4 Å². The van der Waals surface area contributed by atoms with Crippen LogP contribution in [-0.4, -0.2) is 26.4 Å². The maximum atomic E-state index is 12.5. The fourth-order valence-electron chi connectivity index (χ4n) is 2.40. The summed E-state index contributed by atoms with van der Waals surface area (Å²) >= 11 is 0. The number of nitrogen functional groups attached to an aromatic ring is 1. The number of aromatic nitrogens is 3. The fourth-order valence-corrected chi connectivity index (χ4v) is 2.40. The van der Waals surface area contributed by atoms with Gasteiger partial charge in [0.15, 0.2) is 0 Å². The summed E-state index contributed by atoms with van der Waals surface area (Å²) in [6.45, 7) is 6.05. The van der Waals surface area contributed by atoms with Crippen LogP contribution in [0.5, 0.6) is 0 Å². The third-order valence-electron chi connectivity index (χ3n) is 3.60. The van der Waals surface area contributed by atoms with Gasteiger partial charge in [-0.05, 0) is 57.2 Å². The van der Waals surface area contributed by atoms with Gasteiger partial charge in [0.25, 0.3) is 5.91 Å². The highest BCUT2D eigenvalue weighted by molar-refractivity contribution is 6.04. The van der Waals surface area contributed by atoms with E-state index in [0.717, 1.165) is 5.56 Å². The second-order valence-electron chi connectivity index (χ2n) is 7.15. The molecule has 2 heterocycles. The lowest BCUT2D eigenvalue weighted by molar-refractivity contribution is 0.102. The smallest absolute Gasteiger partial charge is 0.256 e. The Morgan fingerprint density at radius 3 is 2.30 bits per heavy atom. The highest BCUT2D eigenvalue weighted by Crippen LogP contribution is 2.22. The van der Waals surface area contributed by atoms with Crippen LogP contribution in [0.25, 0.3) is 11.3 Å². The lowest BCUT2D eigenvalue weighted by atomic mass is 10.1. The summed E-state index contributed by atoms with van der Waals surface area (Å²) in [5.74, 6) is 0.575. The molecule has 1 amide bonds. The molecule has 0 fully saturated rings. The Balaban J connectivity index is 1.94. The predicted molar refractivity (Wildman–Crippen MR) is 107 cm³/mol. The van der Waals surface area contributed by atoms with Crippen molar-refractivity contribution in [1.29, 1.82) is 0 Å². The van der Waals surface area contributed by atoms with Crippen LogP contribution >= 0.6 is 0 Å². The van der Waals surface area contributed by atoms with Crippen LogP contribution in [0.3, 0.4) is 0 Å². The molecule has 3 aromatic rings. The van der Waals surface area contributed by atoms with E-state index < -0.39 is 0 Å². The Morgan fingerprint density at radius 2 is 1.67 bits per heavy atom. The molecule has 4 N–H and O–H groups in total. The summed E-state index contributed by atoms with van der Waals surface area (Å²) in [6, 6.07) is 12.2. The zero-order valence-corrected chi connectivity index (χ0v) is 15.5. The van der Waals surface area contributed by atoms with E-state index in [1.54, 1.807) is 42.7 Å². The molecule has 27 heavy (non-hydrogen) atoms. The zero-order chi connectivity index (χ0) is 19.4. The highest BCUT2D eigenvalue weighted by atomic mass is 16.1. The van der Waals surface area contributed by atoms with Crippen molar-refractivity contribution in [3.63, 3.8) is 0 Å². The van der Waals surface area contributed by atoms with E-state index in [9.17, 15) is 4.79 Å². The van der Waals surface area contributed by atoms with Crippen LogP contribution in [0.2, 0.25) is 0 Å². The number of hydrogen-bond acceptors (Lipinski definition) is 6. The maximum absolute atomic E-state index is 12.5. The molecule has 0 bridgehead atoms. The molecule has 1 aromatic carbocycles. The fraction of sp³-hybridized carbons (Fsp3) is 0.200. The van der Waals surface area contributed by atoms with Crippen LogP contribution in [0.4, 0.5) is 17.5 Å². The Hall–Kier alpha value is -3.48. The number of nitrogens with two attached hydrogens (primary N) is 1. The lowest BCUT2D eigenvalue weighted by Crippen LogP contribution is -2.27. The lowest BCUT2D eigenvalue weighted by Gasteiger charge is -2.21. The molecule has 7 nitrogen and oxygen atoms in total. The molecule has 3 rings (SSSR count). The van der Waals surface area contributed by atoms with Crippen molar-refractivity contribution < 1.29 is 4.79 Å². The molecule has 0 aliphatic rings. The van der Waals surface area contributed by atoms with Crippen LogP contribution in [0.15, 0.2) is 54.9 Å². The van der Waals surface area contributed by atoms with Gasteiger partial charge < -0.3 is 16.4 Å². The van der Waals surface area contributed by atoms with E-state index in [2.05, 4.69) is 25.6 Å². The van der Waals surface area contributed by atoms with Crippen LogP contribution in [-0.2, 0) is 0 Å². The molecular weight excluding hydrogens is 340 g/mol. The molecule has 138 valence electrons. The average molecular weight is 362 g/mol. The van der Waals surface area contributed by atoms with E-state index in [1.807, 2.05) is 32.9 Å². The monoisotopic (exact) mass is 362 g/mol. The molecule has 0 saturated carbocycles. The quantitative estimate of drug-likeness (QED) is 0.613. The Labute approximate surface area is 158 Å². The molecule has 0 unspecified atom stereocenters. The van der Waals surface area contributed by atoms with Gasteiger partial charge in [-0.15, -0.1) is 0 Å². The predicted octanol–water partition coefficient (Wildman–Crippen LogP) is 3.58. The first-order chi connectivity index (χ1) is 12.8. The molecular formula is C20H22N6O. The summed E-state index contributed by atoms with van der Waals surface area (Å²) in [5.41, 5.74) is 8.12. The Bertz CT molecular complexity index is 933. The van der Waals surface area contributed by atoms with Gasteiger partial charge in [-0.2, -0.15) is 4.98 Å². The first-order valence-electron chi connectivity index (χ1n) is 8.55. The molecule has 7 heteroatoms. The SMILES string of the molecule is CC(C)(C)Nc1nc(NC(=O)c2ccc(N)cc2)cc(-c2ccncc2)n1. The van der Waals surface area contributed by atoms with Crippen molar-refractivity contribution in [1.82, 2.24) is 15.0 Å². The normalized spacial score (nSPS) is 11.1. The Morgan fingerprint density at radius 1 is 1.00 bits per heavy atom. The molecule has 0 aliphatic carbocycles. The number of nitrogens with one attached hydrogen (secondary N) is 2. The minimum atomic E-state index is -0.268. The molecule has 0 aliphatic heterocycles. The summed E-state index contributed by atoms with van der Waals surface area (Å²) in [5, 5.41) is 6.07. The number of carbonyl (C=O) groups is 1. The molecule has 2 aromatic heterocycles. The van der Waals surface area contributed by atoms with Gasteiger partial charge >= 0.3 is 0 Å². The van der Waals surface area contributed by atoms with Gasteiger partial charge in [0.2, 0.25) is 5.95 Å². The van der Waals surface area contributed by atoms with Crippen molar-refractivity contribution in [2.24, 2.45) is 0 Å². The summed E-state index contributed by atoms with van der Waals surface area (Å²) < 4.78 is 0. The molecule has 0 atom stereocenters. The number of pyridine rings is 1. The van der Waals surface area contributed by atoms with Crippen molar-refractivity contribution in [3.05, 3.63) is 60.4 Å². The van der Waals surface area contributed by atoms with Gasteiger partial charge in [-0.3, -0.25) is 9.78 Å². The van der Waals surface area contributed by atoms with Crippen LogP contribution in [0.1, 0.15) is 31.1 Å². The average Bonchev–Trinajstić information content (AvgIpc) is 2.61. The third-order valence-corrected chi connectivity index (χ3v) is 3.60. The summed E-state index contributed by atoms with van der Waals surface area (Å²) in [4.78, 5) is 25.6. The number of benzene rings is 1. The number of carbonyl (C=O) groups excluding carboxylic acids is 1. The second kappa shape index (κ2) is 7.41. The molecule has 0 radical (unpaired) electrons. The van der Waals surface area contributed by atoms with Gasteiger partial charge in [0, 0.05) is 40.8 Å². The van der Waals surface area contributed by atoms with E-state index in [0.29, 0.717) is 28.7 Å². The van der Waals surface area contributed by atoms with Crippen molar-refractivity contribution in [2.45, 2.75) is 26.3 Å². The number of hydrogen-bond donors (Lipinski definition) is 3. The van der Waals surface area contributed by atoms with Gasteiger partial charge in [-0.1, -0.05) is 0 Å². The van der Waals surface area contributed by atoms with Gasteiger partial charge in [0.05, 0.1) is 5.69 Å². The number of rotatable bonds is 4. The minimum absolute atomic E-state index is 0.227. The largest absolute Gasteiger partial charge is 0.399 e. The van der Waals surface area contributed by atoms with Crippen molar-refractivity contribution in [3.8, 4) is 11.3 Å². The van der Waals surface area contributed by atoms with E-state index in [1.165, 1.54) is 0 Å². The highest BCUT2D eigenvalue weighted by Gasteiger charge is 2.15. The molecule has 0 spiro atoms. The number of nitrogens with zero attached hydrogens (tertiary/aromatic N) is 3. The number of anilines is 3. The van der Waals surface area contributed by atoms with E-state index in [-0.39, 0.29) is 11.4 Å². The Kier molecular flexibility index (Phi) is 5.03. The summed E-state index contributed by atoms with van der Waals surface area (Å²) in [6.07, 6.45) is 3.39. The standard InChI is InChI=1S/C20H22N6O/c1-20(2,3)26-19-23-16(13-8-10-22-11-9-13)12-17(25-19)24-18(27)14-4-6-15(21)7-5-14/h4-12H,21H2,1-3H3,(H2,23,24,25,26,27). The summed E-state index contributed by atoms with van der Waals surface area (Å²) in [7, 11) is 0. The van der Waals surface area contributed by atoms with Gasteiger partial charge in [-0.25, -0.2) is 4.98 Å². The van der Waals surface area contributed by atoms with Crippen LogP contribution in [0, 0.1) is 0 Å². The second-order valence-corrected chi connectivity index (χ2v) is 7.15.